The van der Waals surface area contributed by atoms with E-state index < -0.39 is 17.7 Å². The van der Waals surface area contributed by atoms with Crippen molar-refractivity contribution >= 4 is 0 Å². The molecule has 0 aromatic heterocycles. The van der Waals surface area contributed by atoms with Gasteiger partial charge in [-0.15, -0.1) is 0 Å². The fraction of sp³-hybridized carbons (Fsp3) is 0.250. The summed E-state index contributed by atoms with van der Waals surface area (Å²) in [7, 11) is 1.57. The van der Waals surface area contributed by atoms with Crippen molar-refractivity contribution in [1.29, 1.82) is 0 Å². The molecule has 4 heteroatoms. The van der Waals surface area contributed by atoms with E-state index in [0.29, 0.717) is 17.9 Å². The molecule has 1 N–H and O–H groups in total. The molecule has 1 unspecified atom stereocenters. The molecule has 2 nitrogen and oxygen atoms in total. The van der Waals surface area contributed by atoms with Gasteiger partial charge >= 0.3 is 0 Å². The van der Waals surface area contributed by atoms with E-state index in [-0.39, 0.29) is 0 Å². The highest BCUT2D eigenvalue weighted by Gasteiger charge is 2.19. The first-order valence-electron chi connectivity index (χ1n) is 6.48. The van der Waals surface area contributed by atoms with E-state index in [4.69, 9.17) is 4.74 Å². The predicted molar refractivity (Wildman–Crippen MR) is 74.9 cm³/mol. The Balaban J connectivity index is 2.47. The molecule has 0 fully saturated rings. The van der Waals surface area contributed by atoms with Gasteiger partial charge in [-0.1, -0.05) is 31.2 Å². The minimum atomic E-state index is -0.840. The lowest BCUT2D eigenvalue weighted by atomic mass is 9.97. The molecule has 0 bridgehead atoms. The first-order chi connectivity index (χ1) is 9.67. The summed E-state index contributed by atoms with van der Waals surface area (Å²) in [5, 5.41) is 3.17. The summed E-state index contributed by atoms with van der Waals surface area (Å²) in [5.41, 5.74) is 1.12. The third-order valence-corrected chi connectivity index (χ3v) is 3.13. The fourth-order valence-electron chi connectivity index (χ4n) is 2.18. The van der Waals surface area contributed by atoms with Gasteiger partial charge in [0.1, 0.15) is 5.75 Å². The van der Waals surface area contributed by atoms with E-state index in [9.17, 15) is 8.78 Å². The summed E-state index contributed by atoms with van der Waals surface area (Å²) < 4.78 is 32.6. The molecular weight excluding hydrogens is 260 g/mol. The van der Waals surface area contributed by atoms with Crippen molar-refractivity contribution < 1.29 is 13.5 Å². The van der Waals surface area contributed by atoms with Crippen molar-refractivity contribution in [1.82, 2.24) is 5.32 Å². The summed E-state index contributed by atoms with van der Waals surface area (Å²) in [6.07, 6.45) is 0. The molecule has 1 atom stereocenters. The van der Waals surface area contributed by atoms with Crippen molar-refractivity contribution in [3.05, 3.63) is 65.2 Å². The topological polar surface area (TPSA) is 21.3 Å². The Morgan fingerprint density at radius 2 is 1.90 bits per heavy atom. The second-order valence-electron chi connectivity index (χ2n) is 4.41. The standard InChI is InChI=1S/C16H17F2NO/c1-3-19-16(11-6-4-7-12(10-11)20-2)13-8-5-9-14(17)15(13)18/h4-10,16,19H,3H2,1-2H3. The quantitative estimate of drug-likeness (QED) is 0.900. The molecule has 20 heavy (non-hydrogen) atoms. The number of nitrogens with one attached hydrogen (secondary N) is 1. The van der Waals surface area contributed by atoms with Gasteiger partial charge in [0.25, 0.3) is 0 Å². The van der Waals surface area contributed by atoms with Crippen LogP contribution in [0.2, 0.25) is 0 Å². The summed E-state index contributed by atoms with van der Waals surface area (Å²) in [6, 6.07) is 11.1. The lowest BCUT2D eigenvalue weighted by Crippen LogP contribution is -2.23. The summed E-state index contributed by atoms with van der Waals surface area (Å²) in [6.45, 7) is 2.56. The van der Waals surface area contributed by atoms with Crippen LogP contribution < -0.4 is 10.1 Å². The number of halogens is 2. The van der Waals surface area contributed by atoms with Gasteiger partial charge in [0.2, 0.25) is 0 Å². The third kappa shape index (κ3) is 2.96. The van der Waals surface area contributed by atoms with Crippen LogP contribution >= 0.6 is 0 Å². The summed E-state index contributed by atoms with van der Waals surface area (Å²) in [5.74, 6) is -0.975. The second kappa shape index (κ2) is 6.48. The van der Waals surface area contributed by atoms with Crippen LogP contribution in [0.15, 0.2) is 42.5 Å². The molecule has 0 heterocycles. The fourth-order valence-corrected chi connectivity index (χ4v) is 2.18. The Kier molecular flexibility index (Phi) is 4.69. The largest absolute Gasteiger partial charge is 0.497 e. The van der Waals surface area contributed by atoms with E-state index >= 15 is 0 Å². The van der Waals surface area contributed by atoms with Gasteiger partial charge in [-0.3, -0.25) is 0 Å². The van der Waals surface area contributed by atoms with Crippen LogP contribution in [0.5, 0.6) is 5.75 Å². The van der Waals surface area contributed by atoms with E-state index in [0.717, 1.165) is 11.6 Å². The monoisotopic (exact) mass is 277 g/mol. The number of ether oxygens (including phenoxy) is 1. The minimum absolute atomic E-state index is 0.292. The zero-order valence-corrected chi connectivity index (χ0v) is 11.5. The van der Waals surface area contributed by atoms with Gasteiger partial charge in [0.05, 0.1) is 13.2 Å². The normalized spacial score (nSPS) is 12.2. The molecule has 0 aliphatic carbocycles. The number of rotatable bonds is 5. The van der Waals surface area contributed by atoms with Gasteiger partial charge in [-0.2, -0.15) is 0 Å². The Morgan fingerprint density at radius 3 is 2.60 bits per heavy atom. The van der Waals surface area contributed by atoms with Crippen LogP contribution in [0.1, 0.15) is 24.1 Å². The highest BCUT2D eigenvalue weighted by Crippen LogP contribution is 2.27. The van der Waals surface area contributed by atoms with Crippen molar-refractivity contribution in [2.75, 3.05) is 13.7 Å². The Hall–Kier alpha value is -1.94. The molecule has 0 saturated heterocycles. The third-order valence-electron chi connectivity index (χ3n) is 3.13. The first-order valence-corrected chi connectivity index (χ1v) is 6.48. The van der Waals surface area contributed by atoms with Crippen LogP contribution in [0, 0.1) is 11.6 Å². The Morgan fingerprint density at radius 1 is 1.15 bits per heavy atom. The smallest absolute Gasteiger partial charge is 0.163 e. The molecule has 0 spiro atoms. The van der Waals surface area contributed by atoms with Gasteiger partial charge < -0.3 is 10.1 Å². The highest BCUT2D eigenvalue weighted by atomic mass is 19.2. The van der Waals surface area contributed by atoms with Crippen LogP contribution in [0.4, 0.5) is 8.78 Å². The molecule has 106 valence electrons. The van der Waals surface area contributed by atoms with Crippen LogP contribution in [-0.2, 0) is 0 Å². The first kappa shape index (κ1) is 14.5. The van der Waals surface area contributed by atoms with E-state index in [2.05, 4.69) is 5.32 Å². The maximum Gasteiger partial charge on any atom is 0.163 e. The Labute approximate surface area is 117 Å². The lowest BCUT2D eigenvalue weighted by molar-refractivity contribution is 0.413. The molecule has 0 saturated carbocycles. The van der Waals surface area contributed by atoms with Gasteiger partial charge in [-0.25, -0.2) is 8.78 Å². The average molecular weight is 277 g/mol. The number of hydrogen-bond acceptors (Lipinski definition) is 2. The number of benzene rings is 2. The second-order valence-corrected chi connectivity index (χ2v) is 4.41. The molecule has 2 aromatic carbocycles. The van der Waals surface area contributed by atoms with Crippen molar-refractivity contribution in [2.45, 2.75) is 13.0 Å². The Bertz CT molecular complexity index is 586. The van der Waals surface area contributed by atoms with Gasteiger partial charge in [-0.05, 0) is 30.3 Å². The maximum absolute atomic E-state index is 14.0. The SMILES string of the molecule is CCNC(c1cccc(OC)c1)c1cccc(F)c1F. The molecule has 0 radical (unpaired) electrons. The highest BCUT2D eigenvalue weighted by molar-refractivity contribution is 5.37. The summed E-state index contributed by atoms with van der Waals surface area (Å²) in [4.78, 5) is 0. The molecule has 0 amide bonds. The number of hydrogen-bond donors (Lipinski definition) is 1. The summed E-state index contributed by atoms with van der Waals surface area (Å²) >= 11 is 0. The maximum atomic E-state index is 14.0. The van der Waals surface area contributed by atoms with Crippen LogP contribution in [-0.4, -0.2) is 13.7 Å². The zero-order chi connectivity index (χ0) is 14.5. The van der Waals surface area contributed by atoms with Crippen molar-refractivity contribution in [3.63, 3.8) is 0 Å². The predicted octanol–water partition coefficient (Wildman–Crippen LogP) is 3.67. The van der Waals surface area contributed by atoms with Crippen molar-refractivity contribution in [3.8, 4) is 5.75 Å². The zero-order valence-electron chi connectivity index (χ0n) is 11.5. The van der Waals surface area contributed by atoms with E-state index in [1.165, 1.54) is 6.07 Å². The molecule has 2 rings (SSSR count). The van der Waals surface area contributed by atoms with Crippen LogP contribution in [0.3, 0.4) is 0 Å². The molecule has 0 aliphatic rings. The molecular formula is C16H17F2NO. The van der Waals surface area contributed by atoms with E-state index in [1.54, 1.807) is 13.2 Å². The number of methoxy groups -OCH3 is 1. The molecule has 2 aromatic rings. The minimum Gasteiger partial charge on any atom is -0.497 e. The van der Waals surface area contributed by atoms with Gasteiger partial charge in [0, 0.05) is 5.56 Å². The average Bonchev–Trinajstić information content (AvgIpc) is 2.48. The van der Waals surface area contributed by atoms with Crippen molar-refractivity contribution in [2.24, 2.45) is 0 Å². The molecule has 0 aliphatic heterocycles. The van der Waals surface area contributed by atoms with Crippen LogP contribution in [0.25, 0.3) is 0 Å². The lowest BCUT2D eigenvalue weighted by Gasteiger charge is -2.20. The van der Waals surface area contributed by atoms with E-state index in [1.807, 2.05) is 31.2 Å². The van der Waals surface area contributed by atoms with Gasteiger partial charge in [0.15, 0.2) is 11.6 Å².